The fourth-order valence-corrected chi connectivity index (χ4v) is 4.40. The van der Waals surface area contributed by atoms with Crippen LogP contribution in [0.4, 0.5) is 0 Å². The van der Waals surface area contributed by atoms with E-state index in [9.17, 15) is 0 Å². The van der Waals surface area contributed by atoms with Gasteiger partial charge in [-0.1, -0.05) is 18.9 Å². The topological polar surface area (TPSA) is 43.2 Å². The maximum atomic E-state index is 5.49. The van der Waals surface area contributed by atoms with Crippen molar-refractivity contribution in [2.75, 3.05) is 20.3 Å². The Labute approximate surface area is 150 Å². The molecular formula is C20H28N4O. The average Bonchev–Trinajstić information content (AvgIpc) is 3.26. The Hall–Kier alpha value is -1.72. The molecule has 0 N–H and O–H groups in total. The SMILES string of the molecule is COC[C@H]1CN(Cc2cccnc2)Cc2cn(CC3CCCC3)nc21. The smallest absolute Gasteiger partial charge is 0.0736 e. The molecule has 3 heterocycles. The number of ether oxygens (including phenoxy) is 1. The lowest BCUT2D eigenvalue weighted by Crippen LogP contribution is -2.34. The predicted octanol–water partition coefficient (Wildman–Crippen LogP) is 3.21. The van der Waals surface area contributed by atoms with Crippen molar-refractivity contribution in [1.29, 1.82) is 0 Å². The van der Waals surface area contributed by atoms with Crippen LogP contribution in [-0.4, -0.2) is 39.9 Å². The Kier molecular flexibility index (Phi) is 5.13. The predicted molar refractivity (Wildman–Crippen MR) is 97.2 cm³/mol. The Morgan fingerprint density at radius 1 is 1.28 bits per heavy atom. The molecule has 0 amide bonds. The molecule has 5 nitrogen and oxygen atoms in total. The van der Waals surface area contributed by atoms with Gasteiger partial charge in [0.05, 0.1) is 12.3 Å². The molecular weight excluding hydrogens is 312 g/mol. The number of fused-ring (bicyclic) bond motifs is 1. The van der Waals surface area contributed by atoms with E-state index < -0.39 is 0 Å². The summed E-state index contributed by atoms with van der Waals surface area (Å²) in [6.45, 7) is 4.71. The van der Waals surface area contributed by atoms with Gasteiger partial charge in [-0.25, -0.2) is 0 Å². The van der Waals surface area contributed by atoms with E-state index in [2.05, 4.69) is 26.8 Å². The van der Waals surface area contributed by atoms with Gasteiger partial charge in [-0.05, 0) is 30.4 Å². The van der Waals surface area contributed by atoms with Crippen LogP contribution in [0.15, 0.2) is 30.7 Å². The Morgan fingerprint density at radius 3 is 2.92 bits per heavy atom. The lowest BCUT2D eigenvalue weighted by molar-refractivity contribution is 0.134. The first-order valence-corrected chi connectivity index (χ1v) is 9.48. The van der Waals surface area contributed by atoms with E-state index in [1.54, 1.807) is 7.11 Å². The van der Waals surface area contributed by atoms with Crippen molar-refractivity contribution in [1.82, 2.24) is 19.7 Å². The first-order chi connectivity index (χ1) is 12.3. The summed E-state index contributed by atoms with van der Waals surface area (Å²) in [5, 5.41) is 4.95. The van der Waals surface area contributed by atoms with Crippen LogP contribution in [0.1, 0.15) is 48.4 Å². The molecule has 0 radical (unpaired) electrons. The molecule has 1 aliphatic heterocycles. The van der Waals surface area contributed by atoms with Crippen molar-refractivity contribution < 1.29 is 4.74 Å². The second-order valence-corrected chi connectivity index (χ2v) is 7.60. The van der Waals surface area contributed by atoms with Gasteiger partial charge < -0.3 is 4.74 Å². The summed E-state index contributed by atoms with van der Waals surface area (Å²) < 4.78 is 7.70. The monoisotopic (exact) mass is 340 g/mol. The zero-order chi connectivity index (χ0) is 17.1. The maximum Gasteiger partial charge on any atom is 0.0736 e. The van der Waals surface area contributed by atoms with Crippen molar-refractivity contribution in [2.45, 2.75) is 51.2 Å². The van der Waals surface area contributed by atoms with Gasteiger partial charge in [0, 0.05) is 63.4 Å². The molecule has 2 aliphatic rings. The van der Waals surface area contributed by atoms with Crippen molar-refractivity contribution >= 4 is 0 Å². The van der Waals surface area contributed by atoms with Crippen molar-refractivity contribution in [3.05, 3.63) is 47.5 Å². The Morgan fingerprint density at radius 2 is 2.16 bits per heavy atom. The van der Waals surface area contributed by atoms with Gasteiger partial charge in [0.15, 0.2) is 0 Å². The van der Waals surface area contributed by atoms with Crippen LogP contribution in [0.5, 0.6) is 0 Å². The Bertz CT molecular complexity index is 678. The lowest BCUT2D eigenvalue weighted by Gasteiger charge is -2.31. The summed E-state index contributed by atoms with van der Waals surface area (Å²) in [5.74, 6) is 1.17. The number of nitrogens with zero attached hydrogens (tertiary/aromatic N) is 4. The minimum Gasteiger partial charge on any atom is -0.384 e. The van der Waals surface area contributed by atoms with Crippen LogP contribution in [0.3, 0.4) is 0 Å². The molecule has 0 bridgehead atoms. The minimum atomic E-state index is 0.357. The number of methoxy groups -OCH3 is 1. The van der Waals surface area contributed by atoms with Gasteiger partial charge in [0.25, 0.3) is 0 Å². The second-order valence-electron chi connectivity index (χ2n) is 7.60. The summed E-state index contributed by atoms with van der Waals surface area (Å²) >= 11 is 0. The van der Waals surface area contributed by atoms with E-state index in [0.29, 0.717) is 5.92 Å². The highest BCUT2D eigenvalue weighted by molar-refractivity contribution is 5.25. The largest absolute Gasteiger partial charge is 0.384 e. The second kappa shape index (κ2) is 7.67. The zero-order valence-corrected chi connectivity index (χ0v) is 15.1. The maximum absolute atomic E-state index is 5.49. The first kappa shape index (κ1) is 16.7. The van der Waals surface area contributed by atoms with E-state index in [1.165, 1.54) is 42.5 Å². The van der Waals surface area contributed by atoms with Gasteiger partial charge in [0.1, 0.15) is 0 Å². The number of aromatic nitrogens is 3. The first-order valence-electron chi connectivity index (χ1n) is 9.48. The van der Waals surface area contributed by atoms with Gasteiger partial charge in [-0.3, -0.25) is 14.6 Å². The summed E-state index contributed by atoms with van der Waals surface area (Å²) in [7, 11) is 1.79. The number of rotatable bonds is 6. The molecule has 0 unspecified atom stereocenters. The number of hydrogen-bond donors (Lipinski definition) is 0. The number of hydrogen-bond acceptors (Lipinski definition) is 4. The average molecular weight is 340 g/mol. The molecule has 1 fully saturated rings. The van der Waals surface area contributed by atoms with Gasteiger partial charge in [-0.2, -0.15) is 5.10 Å². The third-order valence-electron chi connectivity index (χ3n) is 5.55. The molecule has 1 atom stereocenters. The summed E-state index contributed by atoms with van der Waals surface area (Å²) in [6.07, 6.45) is 11.6. The summed E-state index contributed by atoms with van der Waals surface area (Å²) in [5.41, 5.74) is 3.89. The third kappa shape index (κ3) is 3.93. The van der Waals surface area contributed by atoms with Crippen molar-refractivity contribution in [2.24, 2.45) is 5.92 Å². The minimum absolute atomic E-state index is 0.357. The molecule has 134 valence electrons. The summed E-state index contributed by atoms with van der Waals surface area (Å²) in [4.78, 5) is 6.73. The molecule has 5 heteroatoms. The highest BCUT2D eigenvalue weighted by atomic mass is 16.5. The zero-order valence-electron chi connectivity index (χ0n) is 15.1. The van der Waals surface area contributed by atoms with Crippen molar-refractivity contribution in [3.63, 3.8) is 0 Å². The highest BCUT2D eigenvalue weighted by Crippen LogP contribution is 2.30. The Balaban J connectivity index is 1.50. The third-order valence-corrected chi connectivity index (χ3v) is 5.55. The fourth-order valence-electron chi connectivity index (χ4n) is 4.40. The van der Waals surface area contributed by atoms with Crippen LogP contribution in [0.2, 0.25) is 0 Å². The molecule has 2 aromatic heterocycles. The van der Waals surface area contributed by atoms with E-state index in [1.807, 2.05) is 18.5 Å². The molecule has 1 saturated carbocycles. The van der Waals surface area contributed by atoms with Crippen LogP contribution >= 0.6 is 0 Å². The molecule has 0 spiro atoms. The molecule has 0 saturated heterocycles. The number of pyridine rings is 1. The van der Waals surface area contributed by atoms with Gasteiger partial charge in [0.2, 0.25) is 0 Å². The standard InChI is InChI=1S/C20H28N4O/c1-25-15-19-13-23(10-17-7-4-8-21-9-17)12-18-14-24(22-20(18)19)11-16-5-2-3-6-16/h4,7-9,14,16,19H,2-3,5-6,10-13,15H2,1H3/t19-/m1/s1. The van der Waals surface area contributed by atoms with Crippen LogP contribution in [-0.2, 0) is 24.4 Å². The van der Waals surface area contributed by atoms with Crippen LogP contribution in [0, 0.1) is 5.92 Å². The van der Waals surface area contributed by atoms with E-state index in [4.69, 9.17) is 9.84 Å². The fraction of sp³-hybridized carbons (Fsp3) is 0.600. The van der Waals surface area contributed by atoms with E-state index in [-0.39, 0.29) is 0 Å². The highest BCUT2D eigenvalue weighted by Gasteiger charge is 2.29. The molecule has 25 heavy (non-hydrogen) atoms. The van der Waals surface area contributed by atoms with Gasteiger partial charge in [-0.15, -0.1) is 0 Å². The normalized spacial score (nSPS) is 21.6. The van der Waals surface area contributed by atoms with Crippen LogP contribution in [0.25, 0.3) is 0 Å². The molecule has 2 aromatic rings. The molecule has 1 aliphatic carbocycles. The van der Waals surface area contributed by atoms with Gasteiger partial charge >= 0.3 is 0 Å². The van der Waals surface area contributed by atoms with E-state index in [0.717, 1.165) is 38.7 Å². The lowest BCUT2D eigenvalue weighted by atomic mass is 9.97. The van der Waals surface area contributed by atoms with E-state index >= 15 is 0 Å². The molecule has 4 rings (SSSR count). The van der Waals surface area contributed by atoms with Crippen LogP contribution < -0.4 is 0 Å². The molecule has 0 aromatic carbocycles. The quantitative estimate of drug-likeness (QED) is 0.810. The summed E-state index contributed by atoms with van der Waals surface area (Å²) in [6, 6.07) is 4.16. The van der Waals surface area contributed by atoms with Crippen molar-refractivity contribution in [3.8, 4) is 0 Å².